The van der Waals surface area contributed by atoms with E-state index in [-0.39, 0.29) is 42.0 Å². The van der Waals surface area contributed by atoms with Crippen LogP contribution in [-0.4, -0.2) is 55.2 Å². The van der Waals surface area contributed by atoms with Gasteiger partial charge in [-0.15, -0.1) is 0 Å². The van der Waals surface area contributed by atoms with Gasteiger partial charge in [-0.3, -0.25) is 4.79 Å². The van der Waals surface area contributed by atoms with Crippen molar-refractivity contribution in [2.75, 3.05) is 6.61 Å². The van der Waals surface area contributed by atoms with Crippen LogP contribution in [0.4, 0.5) is 4.79 Å². The van der Waals surface area contributed by atoms with Gasteiger partial charge >= 0.3 is 6.09 Å². The quantitative estimate of drug-likeness (QED) is 0.691. The summed E-state index contributed by atoms with van der Waals surface area (Å²) in [7, 11) is -1.92. The van der Waals surface area contributed by atoms with E-state index in [0.717, 1.165) is 4.90 Å². The third kappa shape index (κ3) is 5.79. The average Bonchev–Trinajstić information content (AvgIpc) is 2.78. The minimum Gasteiger partial charge on any atom is -0.447 e. The van der Waals surface area contributed by atoms with Crippen LogP contribution in [0.1, 0.15) is 54.4 Å². The van der Waals surface area contributed by atoms with Crippen LogP contribution in [0.3, 0.4) is 0 Å². The number of hydrogen-bond donors (Lipinski definition) is 1. The molecule has 0 radical (unpaired) electrons. The molecule has 2 amide bonds. The second-order valence-electron chi connectivity index (χ2n) is 8.93. The van der Waals surface area contributed by atoms with Crippen molar-refractivity contribution in [2.45, 2.75) is 90.8 Å². The van der Waals surface area contributed by atoms with E-state index < -0.39 is 20.5 Å². The maximum absolute atomic E-state index is 12.4. The summed E-state index contributed by atoms with van der Waals surface area (Å²) in [6.45, 7) is 16.9. The highest BCUT2D eigenvalue weighted by atomic mass is 28.4. The number of rotatable bonds is 7. The summed E-state index contributed by atoms with van der Waals surface area (Å²) in [4.78, 5) is 25.4. The van der Waals surface area contributed by atoms with E-state index in [1.54, 1.807) is 0 Å². The zero-order valence-electron chi connectivity index (χ0n) is 17.0. The predicted molar refractivity (Wildman–Crippen MR) is 99.8 cm³/mol. The molecule has 1 N–H and O–H groups in total. The van der Waals surface area contributed by atoms with Crippen molar-refractivity contribution >= 4 is 20.3 Å². The number of aliphatic hydroxyl groups is 1. The number of carbonyl (C=O) groups excluding carboxylic acids is 2. The molecule has 6 nitrogen and oxygen atoms in total. The van der Waals surface area contributed by atoms with Crippen LogP contribution in [0.5, 0.6) is 0 Å². The Hall–Kier alpha value is -0.923. The van der Waals surface area contributed by atoms with E-state index in [2.05, 4.69) is 33.9 Å². The maximum Gasteiger partial charge on any atom is 0.416 e. The summed E-state index contributed by atoms with van der Waals surface area (Å²) in [5, 5.41) is 10.4. The summed E-state index contributed by atoms with van der Waals surface area (Å²) in [5.74, 6) is -0.262. The van der Waals surface area contributed by atoms with Gasteiger partial charge in [0.25, 0.3) is 0 Å². The fourth-order valence-electron chi connectivity index (χ4n) is 2.71. The highest BCUT2D eigenvalue weighted by Crippen LogP contribution is 2.37. The highest BCUT2D eigenvalue weighted by molar-refractivity contribution is 6.74. The van der Waals surface area contributed by atoms with Gasteiger partial charge in [0.1, 0.15) is 6.61 Å². The fourth-order valence-corrected chi connectivity index (χ4v) is 4.16. The molecule has 1 fully saturated rings. The zero-order valence-corrected chi connectivity index (χ0v) is 18.0. The molecule has 0 saturated carbocycles. The van der Waals surface area contributed by atoms with Crippen LogP contribution in [-0.2, 0) is 14.0 Å². The molecule has 25 heavy (non-hydrogen) atoms. The number of carbonyl (C=O) groups is 2. The molecule has 0 aliphatic carbocycles. The minimum atomic E-state index is -1.92. The third-order valence-electron chi connectivity index (χ3n) is 5.26. The number of aliphatic hydroxyl groups excluding tert-OH is 1. The minimum absolute atomic E-state index is 0.0891. The van der Waals surface area contributed by atoms with E-state index in [1.165, 1.54) is 0 Å². The Morgan fingerprint density at radius 3 is 2.40 bits per heavy atom. The van der Waals surface area contributed by atoms with Gasteiger partial charge in [-0.1, -0.05) is 34.6 Å². The predicted octanol–water partition coefficient (Wildman–Crippen LogP) is 3.54. The van der Waals surface area contributed by atoms with Gasteiger partial charge in [0.15, 0.2) is 8.32 Å². The van der Waals surface area contributed by atoms with Gasteiger partial charge < -0.3 is 14.3 Å². The first-order chi connectivity index (χ1) is 11.3. The molecule has 1 aliphatic heterocycles. The summed E-state index contributed by atoms with van der Waals surface area (Å²) in [6, 6.07) is -0.256. The van der Waals surface area contributed by atoms with E-state index >= 15 is 0 Å². The smallest absolute Gasteiger partial charge is 0.416 e. The van der Waals surface area contributed by atoms with E-state index in [1.807, 2.05) is 20.8 Å². The Morgan fingerprint density at radius 1 is 1.36 bits per heavy atom. The first-order valence-electron chi connectivity index (χ1n) is 9.11. The fraction of sp³-hybridized carbons (Fsp3) is 0.889. The standard InChI is InChI=1S/C18H35NO5Si/c1-12(2)15-11-23-17(22)19(15)16(21)10-14(20)9-13(3)24-25(7,8)18(4,5)6/h12-15,20H,9-11H2,1-8H3/t13-,14-,15-/m1/s1. The average molecular weight is 374 g/mol. The summed E-state index contributed by atoms with van der Waals surface area (Å²) >= 11 is 0. The lowest BCUT2D eigenvalue weighted by atomic mass is 10.0. The lowest BCUT2D eigenvalue weighted by Gasteiger charge is -2.38. The number of amides is 2. The molecule has 146 valence electrons. The van der Waals surface area contributed by atoms with Crippen molar-refractivity contribution in [3.63, 3.8) is 0 Å². The largest absolute Gasteiger partial charge is 0.447 e. The lowest BCUT2D eigenvalue weighted by molar-refractivity contribution is -0.132. The molecule has 1 saturated heterocycles. The number of imide groups is 1. The number of cyclic esters (lactones) is 1. The van der Waals surface area contributed by atoms with Crippen LogP contribution in [0.15, 0.2) is 0 Å². The molecule has 0 aromatic carbocycles. The second kappa shape index (κ2) is 8.18. The molecule has 1 rings (SSSR count). The molecule has 1 heterocycles. The Balaban J connectivity index is 2.60. The van der Waals surface area contributed by atoms with Crippen molar-refractivity contribution in [3.8, 4) is 0 Å². The molecular formula is C18H35NO5Si. The lowest BCUT2D eigenvalue weighted by Crippen LogP contribution is -2.45. The molecular weight excluding hydrogens is 338 g/mol. The van der Waals surface area contributed by atoms with E-state index in [0.29, 0.717) is 6.42 Å². The molecule has 0 bridgehead atoms. The summed E-state index contributed by atoms with van der Waals surface area (Å²) in [6.07, 6.45) is -1.32. The van der Waals surface area contributed by atoms with Gasteiger partial charge in [-0.05, 0) is 37.4 Å². The first-order valence-corrected chi connectivity index (χ1v) is 12.0. The van der Waals surface area contributed by atoms with Crippen LogP contribution in [0, 0.1) is 5.92 Å². The number of hydrogen-bond acceptors (Lipinski definition) is 5. The van der Waals surface area contributed by atoms with Crippen LogP contribution in [0.2, 0.25) is 18.1 Å². The Morgan fingerprint density at radius 2 is 1.92 bits per heavy atom. The maximum atomic E-state index is 12.4. The Labute approximate surface area is 153 Å². The Bertz CT molecular complexity index is 486. The number of nitrogens with zero attached hydrogens (tertiary/aromatic N) is 1. The molecule has 7 heteroatoms. The summed E-state index contributed by atoms with van der Waals surface area (Å²) in [5.41, 5.74) is 0. The van der Waals surface area contributed by atoms with Crippen molar-refractivity contribution < 1.29 is 23.9 Å². The van der Waals surface area contributed by atoms with Crippen molar-refractivity contribution in [1.29, 1.82) is 0 Å². The topological polar surface area (TPSA) is 76.1 Å². The molecule has 1 aliphatic rings. The second-order valence-corrected chi connectivity index (χ2v) is 13.7. The molecule has 3 atom stereocenters. The Kier molecular flexibility index (Phi) is 7.24. The first kappa shape index (κ1) is 22.1. The van der Waals surface area contributed by atoms with Crippen molar-refractivity contribution in [3.05, 3.63) is 0 Å². The number of ether oxygens (including phenoxy) is 1. The molecule has 0 spiro atoms. The molecule has 0 aromatic heterocycles. The highest BCUT2D eigenvalue weighted by Gasteiger charge is 2.41. The van der Waals surface area contributed by atoms with Gasteiger partial charge in [0.2, 0.25) is 5.91 Å². The molecule has 0 aromatic rings. The summed E-state index contributed by atoms with van der Waals surface area (Å²) < 4.78 is 11.2. The van der Waals surface area contributed by atoms with E-state index in [4.69, 9.17) is 9.16 Å². The normalized spacial score (nSPS) is 21.4. The monoisotopic (exact) mass is 373 g/mol. The van der Waals surface area contributed by atoms with Gasteiger partial charge in [0, 0.05) is 6.10 Å². The van der Waals surface area contributed by atoms with Gasteiger partial charge in [-0.25, -0.2) is 9.69 Å². The van der Waals surface area contributed by atoms with Crippen molar-refractivity contribution in [1.82, 2.24) is 4.90 Å². The van der Waals surface area contributed by atoms with Gasteiger partial charge in [-0.2, -0.15) is 0 Å². The van der Waals surface area contributed by atoms with Crippen LogP contribution in [0.25, 0.3) is 0 Å². The zero-order chi connectivity index (χ0) is 19.6. The van der Waals surface area contributed by atoms with Crippen LogP contribution >= 0.6 is 0 Å². The molecule has 0 unspecified atom stereocenters. The van der Waals surface area contributed by atoms with Crippen molar-refractivity contribution in [2.24, 2.45) is 5.92 Å². The van der Waals surface area contributed by atoms with Gasteiger partial charge in [0.05, 0.1) is 18.6 Å². The van der Waals surface area contributed by atoms with Crippen LogP contribution < -0.4 is 0 Å². The third-order valence-corrected chi connectivity index (χ3v) is 9.86. The SMILES string of the molecule is CC(C)[C@H]1COC(=O)N1C(=O)C[C@H](O)C[C@@H](C)O[Si](C)(C)C(C)(C)C. The van der Waals surface area contributed by atoms with E-state index in [9.17, 15) is 14.7 Å².